The minimum atomic E-state index is -3.72. The molecule has 0 bridgehead atoms. The van der Waals surface area contributed by atoms with Gasteiger partial charge in [0.05, 0.1) is 11.1 Å². The van der Waals surface area contributed by atoms with E-state index in [0.717, 1.165) is 19.7 Å². The lowest BCUT2D eigenvalue weighted by Crippen LogP contribution is -2.13. The van der Waals surface area contributed by atoms with Crippen molar-refractivity contribution in [3.8, 4) is 11.3 Å². The number of nitrogens with zero attached hydrogens (tertiary/aromatic N) is 3. The third-order valence-electron chi connectivity index (χ3n) is 3.16. The average molecular weight is 378 g/mol. The normalized spacial score (nSPS) is 11.5. The van der Waals surface area contributed by atoms with Gasteiger partial charge in [-0.2, -0.15) is 8.42 Å². The Morgan fingerprint density at radius 2 is 1.82 bits per heavy atom. The van der Waals surface area contributed by atoms with Crippen molar-refractivity contribution in [2.24, 2.45) is 0 Å². The monoisotopic (exact) mass is 377 g/mol. The molecular weight excluding hydrogens is 366 g/mol. The second-order valence-electron chi connectivity index (χ2n) is 4.80. The van der Waals surface area contributed by atoms with Crippen LogP contribution in [0.4, 0.5) is 0 Å². The van der Waals surface area contributed by atoms with Crippen molar-refractivity contribution in [3.63, 3.8) is 0 Å². The van der Waals surface area contributed by atoms with Crippen LogP contribution in [0.2, 0.25) is 0 Å². The van der Waals surface area contributed by atoms with Gasteiger partial charge < -0.3 is 0 Å². The molecule has 3 rings (SSSR count). The Hall–Kier alpha value is -1.99. The van der Waals surface area contributed by atoms with E-state index in [1.165, 1.54) is 6.20 Å². The van der Waals surface area contributed by atoms with Crippen LogP contribution in [-0.2, 0) is 10.0 Å². The van der Waals surface area contributed by atoms with E-state index in [0.29, 0.717) is 5.69 Å². The van der Waals surface area contributed by atoms with Gasteiger partial charge in [-0.05, 0) is 31.2 Å². The van der Waals surface area contributed by atoms with Gasteiger partial charge in [-0.25, -0.2) is 0 Å². The van der Waals surface area contributed by atoms with Gasteiger partial charge in [0.25, 0.3) is 10.0 Å². The standard InChI is InChI=1S/C15H12BrN3O2S/c1-11-5-7-14(8-6-11)22(20,21)19-10-15(17-18-19)12-3-2-4-13(16)9-12/h2-10H,1H3. The maximum Gasteiger partial charge on any atom is 0.284 e. The SMILES string of the molecule is Cc1ccc(S(=O)(=O)n2cc(-c3cccc(Br)c3)nn2)cc1. The first-order valence-corrected chi connectivity index (χ1v) is 8.71. The zero-order chi connectivity index (χ0) is 15.7. The van der Waals surface area contributed by atoms with Crippen molar-refractivity contribution in [1.29, 1.82) is 0 Å². The lowest BCUT2D eigenvalue weighted by Gasteiger charge is -2.03. The summed E-state index contributed by atoms with van der Waals surface area (Å²) in [4.78, 5) is 0.184. The average Bonchev–Trinajstić information content (AvgIpc) is 2.98. The maximum atomic E-state index is 12.5. The molecule has 0 unspecified atom stereocenters. The van der Waals surface area contributed by atoms with Crippen LogP contribution < -0.4 is 0 Å². The van der Waals surface area contributed by atoms with E-state index in [4.69, 9.17) is 0 Å². The summed E-state index contributed by atoms with van der Waals surface area (Å²) in [6.07, 6.45) is 1.41. The molecule has 5 nitrogen and oxygen atoms in total. The Kier molecular flexibility index (Phi) is 3.84. The second kappa shape index (κ2) is 5.66. The molecule has 0 aliphatic rings. The lowest BCUT2D eigenvalue weighted by atomic mass is 10.2. The molecule has 2 aromatic carbocycles. The number of benzene rings is 2. The lowest BCUT2D eigenvalue weighted by molar-refractivity contribution is 0.577. The van der Waals surface area contributed by atoms with Crippen LogP contribution in [0.15, 0.2) is 64.1 Å². The highest BCUT2D eigenvalue weighted by atomic mass is 79.9. The molecule has 7 heteroatoms. The van der Waals surface area contributed by atoms with Crippen molar-refractivity contribution >= 4 is 26.0 Å². The van der Waals surface area contributed by atoms with E-state index in [-0.39, 0.29) is 4.90 Å². The van der Waals surface area contributed by atoms with Gasteiger partial charge >= 0.3 is 0 Å². The van der Waals surface area contributed by atoms with Crippen molar-refractivity contribution in [3.05, 3.63) is 64.8 Å². The second-order valence-corrected chi connectivity index (χ2v) is 7.52. The van der Waals surface area contributed by atoms with E-state index in [1.54, 1.807) is 24.3 Å². The number of aromatic nitrogens is 3. The summed E-state index contributed by atoms with van der Waals surface area (Å²) in [5.41, 5.74) is 2.28. The summed E-state index contributed by atoms with van der Waals surface area (Å²) in [5.74, 6) is 0. The summed E-state index contributed by atoms with van der Waals surface area (Å²) in [5, 5.41) is 7.71. The largest absolute Gasteiger partial charge is 0.284 e. The Labute approximate surface area is 136 Å². The summed E-state index contributed by atoms with van der Waals surface area (Å²) in [7, 11) is -3.72. The molecule has 0 aliphatic heterocycles. The van der Waals surface area contributed by atoms with Gasteiger partial charge in [-0.15, -0.1) is 9.19 Å². The molecule has 0 atom stereocenters. The number of aryl methyl sites for hydroxylation is 1. The van der Waals surface area contributed by atoms with Gasteiger partial charge in [0.15, 0.2) is 0 Å². The summed E-state index contributed by atoms with van der Waals surface area (Å²) < 4.78 is 26.8. The van der Waals surface area contributed by atoms with E-state index >= 15 is 0 Å². The van der Waals surface area contributed by atoms with Gasteiger partial charge in [0, 0.05) is 10.0 Å². The molecule has 1 heterocycles. The topological polar surface area (TPSA) is 64.8 Å². The first kappa shape index (κ1) is 14.9. The Morgan fingerprint density at radius 1 is 1.09 bits per heavy atom. The molecule has 0 saturated carbocycles. The van der Waals surface area contributed by atoms with Crippen molar-refractivity contribution in [2.75, 3.05) is 0 Å². The smallest absolute Gasteiger partial charge is 0.199 e. The molecule has 112 valence electrons. The quantitative estimate of drug-likeness (QED) is 0.702. The molecule has 0 spiro atoms. The first-order valence-electron chi connectivity index (χ1n) is 6.47. The number of hydrogen-bond donors (Lipinski definition) is 0. The van der Waals surface area contributed by atoms with Crippen molar-refractivity contribution in [1.82, 2.24) is 14.4 Å². The Balaban J connectivity index is 2.01. The molecule has 0 fully saturated rings. The third kappa shape index (κ3) is 2.82. The predicted molar refractivity (Wildman–Crippen MR) is 86.9 cm³/mol. The summed E-state index contributed by atoms with van der Waals surface area (Å²) >= 11 is 3.38. The van der Waals surface area contributed by atoms with Gasteiger partial charge in [-0.1, -0.05) is 51.0 Å². The molecule has 0 amide bonds. The molecule has 0 saturated heterocycles. The highest BCUT2D eigenvalue weighted by molar-refractivity contribution is 9.10. The van der Waals surface area contributed by atoms with Crippen LogP contribution in [0.3, 0.4) is 0 Å². The fraction of sp³-hybridized carbons (Fsp3) is 0.0667. The summed E-state index contributed by atoms with van der Waals surface area (Å²) in [6.45, 7) is 1.90. The minimum Gasteiger partial charge on any atom is -0.199 e. The molecule has 0 radical (unpaired) electrons. The number of halogens is 1. The zero-order valence-electron chi connectivity index (χ0n) is 11.6. The molecule has 0 N–H and O–H groups in total. The molecule has 0 aliphatic carbocycles. The molecule has 3 aromatic rings. The Bertz CT molecular complexity index is 918. The Morgan fingerprint density at radius 3 is 2.50 bits per heavy atom. The van der Waals surface area contributed by atoms with E-state index in [1.807, 2.05) is 31.2 Å². The molecule has 1 aromatic heterocycles. The van der Waals surface area contributed by atoms with Gasteiger partial charge in [0.2, 0.25) is 0 Å². The number of hydrogen-bond acceptors (Lipinski definition) is 4. The van der Waals surface area contributed by atoms with Crippen LogP contribution >= 0.6 is 15.9 Å². The van der Waals surface area contributed by atoms with Crippen LogP contribution in [0.25, 0.3) is 11.3 Å². The van der Waals surface area contributed by atoms with Crippen LogP contribution in [0, 0.1) is 6.92 Å². The van der Waals surface area contributed by atoms with E-state index in [9.17, 15) is 8.42 Å². The predicted octanol–water partition coefficient (Wildman–Crippen LogP) is 3.25. The van der Waals surface area contributed by atoms with Crippen molar-refractivity contribution < 1.29 is 8.42 Å². The first-order chi connectivity index (χ1) is 10.5. The highest BCUT2D eigenvalue weighted by Gasteiger charge is 2.19. The van der Waals surface area contributed by atoms with Crippen LogP contribution in [0.1, 0.15) is 5.56 Å². The fourth-order valence-corrected chi connectivity index (χ4v) is 3.43. The summed E-state index contributed by atoms with van der Waals surface area (Å²) in [6, 6.07) is 14.1. The van der Waals surface area contributed by atoms with E-state index < -0.39 is 10.0 Å². The van der Waals surface area contributed by atoms with E-state index in [2.05, 4.69) is 26.2 Å². The van der Waals surface area contributed by atoms with Crippen LogP contribution in [0.5, 0.6) is 0 Å². The third-order valence-corrected chi connectivity index (χ3v) is 5.19. The zero-order valence-corrected chi connectivity index (χ0v) is 14.0. The maximum absolute atomic E-state index is 12.5. The van der Waals surface area contributed by atoms with Gasteiger partial charge in [-0.3, -0.25) is 0 Å². The number of rotatable bonds is 3. The molecule has 22 heavy (non-hydrogen) atoms. The van der Waals surface area contributed by atoms with Crippen molar-refractivity contribution in [2.45, 2.75) is 11.8 Å². The molecular formula is C15H12BrN3O2S. The fourth-order valence-electron chi connectivity index (χ4n) is 1.96. The minimum absolute atomic E-state index is 0.184. The van der Waals surface area contributed by atoms with Crippen LogP contribution in [-0.4, -0.2) is 22.8 Å². The van der Waals surface area contributed by atoms with Gasteiger partial charge in [0.1, 0.15) is 5.69 Å². The highest BCUT2D eigenvalue weighted by Crippen LogP contribution is 2.22.